The van der Waals surface area contributed by atoms with Gasteiger partial charge in [-0.25, -0.2) is 9.97 Å². The zero-order valence-electron chi connectivity index (χ0n) is 13.2. The number of aryl methyl sites for hydroxylation is 1. The Hall–Kier alpha value is -2.50. The number of nitrogens with zero attached hydrogens (tertiary/aromatic N) is 5. The first-order valence-electron chi connectivity index (χ1n) is 8.09. The molecule has 0 aromatic carbocycles. The third kappa shape index (κ3) is 2.88. The predicted octanol–water partition coefficient (Wildman–Crippen LogP) is 3.04. The maximum atomic E-state index is 4.62. The summed E-state index contributed by atoms with van der Waals surface area (Å²) in [7, 11) is 1.97. The van der Waals surface area contributed by atoms with E-state index in [0.717, 1.165) is 23.4 Å². The van der Waals surface area contributed by atoms with E-state index in [1.807, 2.05) is 36.5 Å². The molecule has 0 bridgehead atoms. The van der Waals surface area contributed by atoms with Gasteiger partial charge in [-0.2, -0.15) is 10.2 Å². The molecule has 6 nitrogen and oxygen atoms in total. The van der Waals surface area contributed by atoms with Crippen LogP contribution < -0.4 is 0 Å². The second-order valence-corrected chi connectivity index (χ2v) is 6.32. The zero-order chi connectivity index (χ0) is 15.6. The normalized spacial score (nSPS) is 21.4. The van der Waals surface area contributed by atoms with Crippen LogP contribution in [0.2, 0.25) is 0 Å². The van der Waals surface area contributed by atoms with Crippen molar-refractivity contribution in [2.24, 2.45) is 7.05 Å². The molecule has 1 aliphatic rings. The highest BCUT2D eigenvalue weighted by atomic mass is 15.2. The first-order valence-corrected chi connectivity index (χ1v) is 8.09. The Bertz CT molecular complexity index is 759. The van der Waals surface area contributed by atoms with E-state index in [1.165, 1.54) is 24.8 Å². The fraction of sp³-hybridized carbons (Fsp3) is 0.412. The quantitative estimate of drug-likeness (QED) is 0.807. The van der Waals surface area contributed by atoms with Gasteiger partial charge >= 0.3 is 0 Å². The zero-order valence-corrected chi connectivity index (χ0v) is 13.2. The summed E-state index contributed by atoms with van der Waals surface area (Å²) in [4.78, 5) is 9.24. The number of nitrogens with one attached hydrogen (secondary N) is 1. The highest BCUT2D eigenvalue weighted by Gasteiger charge is 2.26. The molecule has 2 unspecified atom stereocenters. The second-order valence-electron chi connectivity index (χ2n) is 6.32. The van der Waals surface area contributed by atoms with Crippen LogP contribution in [0.15, 0.2) is 37.2 Å². The van der Waals surface area contributed by atoms with E-state index in [0.29, 0.717) is 11.8 Å². The molecule has 3 heterocycles. The van der Waals surface area contributed by atoms with Gasteiger partial charge in [-0.15, -0.1) is 0 Å². The Balaban J connectivity index is 1.51. The summed E-state index contributed by atoms with van der Waals surface area (Å²) in [5.74, 6) is 1.97. The van der Waals surface area contributed by atoms with E-state index in [9.17, 15) is 0 Å². The molecule has 0 amide bonds. The fourth-order valence-electron chi connectivity index (χ4n) is 3.48. The minimum atomic E-state index is 0.437. The van der Waals surface area contributed by atoms with E-state index in [4.69, 9.17) is 0 Å². The molecular formula is C17H20N6. The van der Waals surface area contributed by atoms with Gasteiger partial charge < -0.3 is 0 Å². The lowest BCUT2D eigenvalue weighted by atomic mass is 9.78. The van der Waals surface area contributed by atoms with Crippen molar-refractivity contribution in [2.45, 2.75) is 37.5 Å². The second kappa shape index (κ2) is 5.95. The molecule has 0 saturated heterocycles. The van der Waals surface area contributed by atoms with Crippen molar-refractivity contribution in [1.29, 1.82) is 0 Å². The number of hydrogen-bond acceptors (Lipinski definition) is 4. The molecule has 23 heavy (non-hydrogen) atoms. The summed E-state index contributed by atoms with van der Waals surface area (Å²) in [6, 6.07) is 0. The van der Waals surface area contributed by atoms with Crippen molar-refractivity contribution in [1.82, 2.24) is 29.9 Å². The van der Waals surface area contributed by atoms with Gasteiger partial charge in [0.2, 0.25) is 0 Å². The van der Waals surface area contributed by atoms with Gasteiger partial charge in [0.05, 0.1) is 12.4 Å². The number of hydrogen-bond donors (Lipinski definition) is 1. The molecule has 4 rings (SSSR count). The smallest absolute Gasteiger partial charge is 0.131 e. The predicted molar refractivity (Wildman–Crippen MR) is 86.8 cm³/mol. The molecule has 1 N–H and O–H groups in total. The fourth-order valence-corrected chi connectivity index (χ4v) is 3.48. The van der Waals surface area contributed by atoms with Gasteiger partial charge in [0.15, 0.2) is 0 Å². The molecule has 118 valence electrons. The monoisotopic (exact) mass is 308 g/mol. The minimum absolute atomic E-state index is 0.437. The first kappa shape index (κ1) is 14.1. The molecule has 6 heteroatoms. The first-order chi connectivity index (χ1) is 11.3. The number of H-pyrrole nitrogens is 1. The SMILES string of the molecule is Cn1cc(C2CCCC(c3ncc(-c4cn[nH]c4)cn3)C2)cn1. The summed E-state index contributed by atoms with van der Waals surface area (Å²) in [5.41, 5.74) is 3.36. The molecule has 1 saturated carbocycles. The van der Waals surface area contributed by atoms with Crippen LogP contribution in [0, 0.1) is 0 Å². The van der Waals surface area contributed by atoms with Crippen LogP contribution in [0.4, 0.5) is 0 Å². The van der Waals surface area contributed by atoms with Crippen molar-refractivity contribution < 1.29 is 0 Å². The van der Waals surface area contributed by atoms with Crippen LogP contribution in [0.3, 0.4) is 0 Å². The van der Waals surface area contributed by atoms with Crippen molar-refractivity contribution >= 4 is 0 Å². The molecule has 2 atom stereocenters. The minimum Gasteiger partial charge on any atom is -0.285 e. The topological polar surface area (TPSA) is 72.3 Å². The molecule has 0 spiro atoms. The number of aromatic amines is 1. The molecule has 0 radical (unpaired) electrons. The maximum absolute atomic E-state index is 4.62. The van der Waals surface area contributed by atoms with Crippen LogP contribution in [-0.2, 0) is 7.05 Å². The number of aromatic nitrogens is 6. The van der Waals surface area contributed by atoms with E-state index in [2.05, 4.69) is 31.5 Å². The molecule has 1 aliphatic carbocycles. The maximum Gasteiger partial charge on any atom is 0.131 e. The highest BCUT2D eigenvalue weighted by molar-refractivity contribution is 5.59. The van der Waals surface area contributed by atoms with Gasteiger partial charge in [-0.3, -0.25) is 9.78 Å². The summed E-state index contributed by atoms with van der Waals surface area (Å²) in [6.45, 7) is 0. The standard InChI is InChI=1S/C17H20N6/c1-23-11-16(10-22-23)12-3-2-4-13(5-12)17-18-6-14(7-19-17)15-8-20-21-9-15/h6-13H,2-5H2,1H3,(H,20,21). The average molecular weight is 308 g/mol. The van der Waals surface area contributed by atoms with Crippen molar-refractivity contribution in [2.75, 3.05) is 0 Å². The highest BCUT2D eigenvalue weighted by Crippen LogP contribution is 2.40. The van der Waals surface area contributed by atoms with E-state index >= 15 is 0 Å². The van der Waals surface area contributed by atoms with Crippen LogP contribution in [-0.4, -0.2) is 29.9 Å². The lowest BCUT2D eigenvalue weighted by molar-refractivity contribution is 0.382. The van der Waals surface area contributed by atoms with Gasteiger partial charge in [0.25, 0.3) is 0 Å². The average Bonchev–Trinajstić information content (AvgIpc) is 3.27. The third-order valence-corrected chi connectivity index (χ3v) is 4.74. The molecular weight excluding hydrogens is 288 g/mol. The Morgan fingerprint density at radius 3 is 2.57 bits per heavy atom. The van der Waals surface area contributed by atoms with E-state index < -0.39 is 0 Å². The Kier molecular flexibility index (Phi) is 3.65. The molecule has 3 aromatic heterocycles. The van der Waals surface area contributed by atoms with Gasteiger partial charge in [0, 0.05) is 48.9 Å². The van der Waals surface area contributed by atoms with Crippen molar-refractivity contribution in [3.63, 3.8) is 0 Å². The van der Waals surface area contributed by atoms with Crippen molar-refractivity contribution in [3.05, 3.63) is 48.6 Å². The third-order valence-electron chi connectivity index (χ3n) is 4.74. The molecule has 1 fully saturated rings. The molecule has 3 aromatic rings. The Morgan fingerprint density at radius 1 is 1.04 bits per heavy atom. The van der Waals surface area contributed by atoms with Crippen molar-refractivity contribution in [3.8, 4) is 11.1 Å². The van der Waals surface area contributed by atoms with E-state index in [-0.39, 0.29) is 0 Å². The summed E-state index contributed by atoms with van der Waals surface area (Å²) < 4.78 is 1.88. The summed E-state index contributed by atoms with van der Waals surface area (Å²) in [6.07, 6.45) is 16.3. The van der Waals surface area contributed by atoms with Crippen LogP contribution >= 0.6 is 0 Å². The van der Waals surface area contributed by atoms with Crippen LogP contribution in [0.1, 0.15) is 48.9 Å². The van der Waals surface area contributed by atoms with E-state index in [1.54, 1.807) is 6.20 Å². The summed E-state index contributed by atoms with van der Waals surface area (Å²) >= 11 is 0. The summed E-state index contributed by atoms with van der Waals surface area (Å²) in [5, 5.41) is 11.1. The van der Waals surface area contributed by atoms with Gasteiger partial charge in [-0.05, 0) is 30.7 Å². The van der Waals surface area contributed by atoms with Gasteiger partial charge in [-0.1, -0.05) is 6.42 Å². The largest absolute Gasteiger partial charge is 0.285 e. The number of rotatable bonds is 3. The van der Waals surface area contributed by atoms with Crippen LogP contribution in [0.25, 0.3) is 11.1 Å². The van der Waals surface area contributed by atoms with Gasteiger partial charge in [0.1, 0.15) is 5.82 Å². The lowest BCUT2D eigenvalue weighted by Gasteiger charge is -2.27. The molecule has 0 aliphatic heterocycles. The van der Waals surface area contributed by atoms with Crippen LogP contribution in [0.5, 0.6) is 0 Å². The Labute approximate surface area is 135 Å². The lowest BCUT2D eigenvalue weighted by Crippen LogP contribution is -2.15. The Morgan fingerprint density at radius 2 is 1.87 bits per heavy atom.